The Morgan fingerprint density at radius 2 is 2.06 bits per heavy atom. The van der Waals surface area contributed by atoms with E-state index in [1.807, 2.05) is 24.3 Å². The minimum absolute atomic E-state index is 0.237. The van der Waals surface area contributed by atoms with Gasteiger partial charge in [-0.3, -0.25) is 4.98 Å². The van der Waals surface area contributed by atoms with Crippen molar-refractivity contribution >= 4 is 17.7 Å². The number of ether oxygens (including phenoxy) is 1. The van der Waals surface area contributed by atoms with Gasteiger partial charge in [-0.1, -0.05) is 23.9 Å². The van der Waals surface area contributed by atoms with Crippen molar-refractivity contribution in [3.8, 4) is 5.75 Å². The first-order valence-corrected chi connectivity index (χ1v) is 6.02. The Bertz CT molecular complexity index is 572. The fourth-order valence-electron chi connectivity index (χ4n) is 1.46. The lowest BCUT2D eigenvalue weighted by Crippen LogP contribution is -1.99. The van der Waals surface area contributed by atoms with E-state index in [1.165, 1.54) is 24.0 Å². The Kier molecular flexibility index (Phi) is 3.84. The fraction of sp³-hybridized carbons (Fsp3) is 0.0769. The van der Waals surface area contributed by atoms with Gasteiger partial charge < -0.3 is 9.84 Å². The molecule has 1 aromatic carbocycles. The molecule has 92 valence electrons. The van der Waals surface area contributed by atoms with Gasteiger partial charge in [0.1, 0.15) is 5.75 Å². The number of rotatable bonds is 4. The lowest BCUT2D eigenvalue weighted by molar-refractivity contribution is 0.0693. The lowest BCUT2D eigenvalue weighted by Gasteiger charge is -2.08. The summed E-state index contributed by atoms with van der Waals surface area (Å²) in [6.07, 6.45) is 3.01. The molecule has 0 spiro atoms. The summed E-state index contributed by atoms with van der Waals surface area (Å²) in [7, 11) is 1.58. The van der Waals surface area contributed by atoms with E-state index in [1.54, 1.807) is 13.3 Å². The average molecular weight is 261 g/mol. The van der Waals surface area contributed by atoms with Crippen LogP contribution in [0.2, 0.25) is 0 Å². The van der Waals surface area contributed by atoms with Crippen molar-refractivity contribution in [1.82, 2.24) is 4.98 Å². The summed E-state index contributed by atoms with van der Waals surface area (Å²) in [6.45, 7) is 0. The molecule has 0 saturated carbocycles. The van der Waals surface area contributed by atoms with Gasteiger partial charge in [0.2, 0.25) is 0 Å². The number of carboxylic acids is 1. The van der Waals surface area contributed by atoms with E-state index < -0.39 is 5.97 Å². The number of aromatic carboxylic acids is 1. The van der Waals surface area contributed by atoms with Crippen LogP contribution in [0, 0.1) is 0 Å². The number of carbonyl (C=O) groups is 1. The van der Waals surface area contributed by atoms with Crippen LogP contribution in [-0.2, 0) is 0 Å². The smallest absolute Gasteiger partial charge is 0.336 e. The molecule has 0 atom stereocenters. The number of nitrogens with zero attached hydrogens (tertiary/aromatic N) is 1. The third-order valence-electron chi connectivity index (χ3n) is 2.30. The largest absolute Gasteiger partial charge is 0.496 e. The molecule has 18 heavy (non-hydrogen) atoms. The maximum atomic E-state index is 11.1. The first-order chi connectivity index (χ1) is 8.72. The number of para-hydroxylation sites is 1. The van der Waals surface area contributed by atoms with Crippen LogP contribution in [0.25, 0.3) is 0 Å². The van der Waals surface area contributed by atoms with Crippen LogP contribution in [-0.4, -0.2) is 23.2 Å². The Hall–Kier alpha value is -2.01. The Labute approximate surface area is 109 Å². The standard InChI is InChI=1S/C13H11NO3S/c1-17-10-4-2-3-5-11(10)18-12-8-14-7-6-9(12)13(15)16/h2-8H,1H3,(H,15,16). The molecule has 0 aliphatic carbocycles. The summed E-state index contributed by atoms with van der Waals surface area (Å²) < 4.78 is 5.23. The molecule has 0 unspecified atom stereocenters. The number of pyridine rings is 1. The van der Waals surface area contributed by atoms with Crippen molar-refractivity contribution in [3.63, 3.8) is 0 Å². The van der Waals surface area contributed by atoms with Crippen LogP contribution in [0.1, 0.15) is 10.4 Å². The van der Waals surface area contributed by atoms with E-state index in [2.05, 4.69) is 4.98 Å². The maximum absolute atomic E-state index is 11.1. The molecule has 0 bridgehead atoms. The summed E-state index contributed by atoms with van der Waals surface area (Å²) in [6, 6.07) is 8.94. The summed E-state index contributed by atoms with van der Waals surface area (Å²) in [5.41, 5.74) is 0.237. The van der Waals surface area contributed by atoms with E-state index in [-0.39, 0.29) is 5.56 Å². The van der Waals surface area contributed by atoms with Crippen LogP contribution in [0.5, 0.6) is 5.75 Å². The molecule has 0 radical (unpaired) electrons. The normalized spacial score (nSPS) is 10.1. The monoisotopic (exact) mass is 261 g/mol. The third-order valence-corrected chi connectivity index (χ3v) is 3.41. The zero-order valence-corrected chi connectivity index (χ0v) is 10.5. The first-order valence-electron chi connectivity index (χ1n) is 5.20. The van der Waals surface area contributed by atoms with Crippen molar-refractivity contribution < 1.29 is 14.6 Å². The van der Waals surface area contributed by atoms with Crippen LogP contribution in [0.15, 0.2) is 52.5 Å². The van der Waals surface area contributed by atoms with Gasteiger partial charge >= 0.3 is 5.97 Å². The molecule has 0 amide bonds. The molecule has 5 heteroatoms. The zero-order valence-electron chi connectivity index (χ0n) is 9.66. The third kappa shape index (κ3) is 2.62. The predicted molar refractivity (Wildman–Crippen MR) is 68.3 cm³/mol. The van der Waals surface area contributed by atoms with Gasteiger partial charge in [-0.2, -0.15) is 0 Å². The minimum Gasteiger partial charge on any atom is -0.496 e. The molecular formula is C13H11NO3S. The lowest BCUT2D eigenvalue weighted by atomic mass is 10.3. The van der Waals surface area contributed by atoms with E-state index in [4.69, 9.17) is 9.84 Å². The van der Waals surface area contributed by atoms with E-state index in [9.17, 15) is 4.79 Å². The number of carboxylic acid groups (broad SMARTS) is 1. The SMILES string of the molecule is COc1ccccc1Sc1cnccc1C(=O)O. The van der Waals surface area contributed by atoms with E-state index >= 15 is 0 Å². The average Bonchev–Trinajstić information content (AvgIpc) is 2.40. The highest BCUT2D eigenvalue weighted by Crippen LogP contribution is 2.35. The zero-order chi connectivity index (χ0) is 13.0. The van der Waals surface area contributed by atoms with Crippen LogP contribution < -0.4 is 4.74 Å². The van der Waals surface area contributed by atoms with Crippen molar-refractivity contribution in [1.29, 1.82) is 0 Å². The quantitative estimate of drug-likeness (QED) is 0.917. The maximum Gasteiger partial charge on any atom is 0.336 e. The molecular weight excluding hydrogens is 250 g/mol. The number of hydrogen-bond acceptors (Lipinski definition) is 4. The van der Waals surface area contributed by atoms with Crippen LogP contribution in [0.3, 0.4) is 0 Å². The predicted octanol–water partition coefficient (Wildman–Crippen LogP) is 2.94. The fourth-order valence-corrected chi connectivity index (χ4v) is 2.47. The molecule has 1 N–H and O–H groups in total. The number of aromatic nitrogens is 1. The number of hydrogen-bond donors (Lipinski definition) is 1. The van der Waals surface area contributed by atoms with Gasteiger partial charge in [-0.15, -0.1) is 0 Å². The molecule has 0 aliphatic heterocycles. The van der Waals surface area contributed by atoms with Crippen molar-refractivity contribution in [2.75, 3.05) is 7.11 Å². The van der Waals surface area contributed by atoms with Crippen LogP contribution in [0.4, 0.5) is 0 Å². The van der Waals surface area contributed by atoms with Crippen molar-refractivity contribution in [2.45, 2.75) is 9.79 Å². The molecule has 1 aromatic heterocycles. The van der Waals surface area contributed by atoms with Gasteiger partial charge in [-0.05, 0) is 18.2 Å². The van der Waals surface area contributed by atoms with Crippen molar-refractivity contribution in [2.24, 2.45) is 0 Å². The molecule has 2 rings (SSSR count). The second kappa shape index (κ2) is 5.55. The number of benzene rings is 1. The summed E-state index contributed by atoms with van der Waals surface area (Å²) in [4.78, 5) is 16.5. The highest BCUT2D eigenvalue weighted by Gasteiger charge is 2.12. The van der Waals surface area contributed by atoms with Crippen LogP contribution >= 0.6 is 11.8 Å². The van der Waals surface area contributed by atoms with Gasteiger partial charge in [0.25, 0.3) is 0 Å². The Balaban J connectivity index is 2.37. The molecule has 0 aliphatic rings. The Morgan fingerprint density at radius 3 is 2.78 bits per heavy atom. The van der Waals surface area contributed by atoms with Gasteiger partial charge in [-0.25, -0.2) is 4.79 Å². The highest BCUT2D eigenvalue weighted by molar-refractivity contribution is 7.99. The van der Waals surface area contributed by atoms with E-state index in [0.29, 0.717) is 10.6 Å². The molecule has 4 nitrogen and oxygen atoms in total. The summed E-state index contributed by atoms with van der Waals surface area (Å²) in [5.74, 6) is -0.252. The topological polar surface area (TPSA) is 59.4 Å². The Morgan fingerprint density at radius 1 is 1.28 bits per heavy atom. The second-order valence-corrected chi connectivity index (χ2v) is 4.51. The van der Waals surface area contributed by atoms with Gasteiger partial charge in [0.05, 0.1) is 17.6 Å². The summed E-state index contributed by atoms with van der Waals surface area (Å²) >= 11 is 1.33. The highest BCUT2D eigenvalue weighted by atomic mass is 32.2. The van der Waals surface area contributed by atoms with Crippen molar-refractivity contribution in [3.05, 3.63) is 48.3 Å². The summed E-state index contributed by atoms with van der Waals surface area (Å²) in [5, 5.41) is 9.10. The van der Waals surface area contributed by atoms with Gasteiger partial charge in [0, 0.05) is 17.3 Å². The molecule has 0 fully saturated rings. The van der Waals surface area contributed by atoms with E-state index in [0.717, 1.165) is 4.90 Å². The minimum atomic E-state index is -0.963. The molecule has 1 heterocycles. The first kappa shape index (κ1) is 12.4. The second-order valence-electron chi connectivity index (χ2n) is 3.43. The molecule has 2 aromatic rings. The van der Waals surface area contributed by atoms with Gasteiger partial charge in [0.15, 0.2) is 0 Å². The molecule has 0 saturated heterocycles. The number of methoxy groups -OCH3 is 1.